The molecule has 0 amide bonds. The van der Waals surface area contributed by atoms with Crippen molar-refractivity contribution in [3.05, 3.63) is 35.3 Å². The van der Waals surface area contributed by atoms with Crippen LogP contribution in [0.2, 0.25) is 0 Å². The number of esters is 1. The monoisotopic (exact) mass is 233 g/mol. The van der Waals surface area contributed by atoms with Gasteiger partial charge in [0.05, 0.1) is 5.70 Å². The van der Waals surface area contributed by atoms with E-state index >= 15 is 0 Å². The summed E-state index contributed by atoms with van der Waals surface area (Å²) in [7, 11) is 0. The molecule has 0 saturated heterocycles. The van der Waals surface area contributed by atoms with Crippen molar-refractivity contribution in [2.45, 2.75) is 26.4 Å². The van der Waals surface area contributed by atoms with Crippen LogP contribution in [0.1, 0.15) is 20.8 Å². The van der Waals surface area contributed by atoms with Crippen molar-refractivity contribution in [2.75, 3.05) is 0 Å². The van der Waals surface area contributed by atoms with Gasteiger partial charge in [0.15, 0.2) is 5.57 Å². The zero-order chi connectivity index (χ0) is 13.1. The van der Waals surface area contributed by atoms with E-state index in [1.165, 1.54) is 6.20 Å². The lowest BCUT2D eigenvalue weighted by molar-refractivity contribution is -0.149. The molecule has 0 radical (unpaired) electrons. The van der Waals surface area contributed by atoms with Gasteiger partial charge in [0.2, 0.25) is 0 Å². The molecule has 3 N–H and O–H groups in total. The summed E-state index contributed by atoms with van der Waals surface area (Å²) >= 11 is 0. The van der Waals surface area contributed by atoms with Gasteiger partial charge in [-0.3, -0.25) is 0 Å². The molecule has 17 heavy (non-hydrogen) atoms. The summed E-state index contributed by atoms with van der Waals surface area (Å²) in [5, 5.41) is 11.7. The van der Waals surface area contributed by atoms with Gasteiger partial charge in [0, 0.05) is 11.9 Å². The van der Waals surface area contributed by atoms with Gasteiger partial charge in [-0.1, -0.05) is 0 Å². The highest BCUT2D eigenvalue weighted by molar-refractivity contribution is 5.94. The van der Waals surface area contributed by atoms with E-state index in [1.54, 1.807) is 32.9 Å². The molecule has 0 unspecified atom stereocenters. The predicted molar refractivity (Wildman–Crippen MR) is 63.0 cm³/mol. The summed E-state index contributed by atoms with van der Waals surface area (Å²) < 4.78 is 5.13. The molecule has 1 rings (SSSR count). The second kappa shape index (κ2) is 4.74. The third kappa shape index (κ3) is 3.68. The fourth-order valence-corrected chi connectivity index (χ4v) is 1.14. The van der Waals surface area contributed by atoms with E-state index in [9.17, 15) is 4.79 Å². The summed E-state index contributed by atoms with van der Waals surface area (Å²) in [6.07, 6.45) is 4.68. The van der Waals surface area contributed by atoms with Crippen LogP contribution in [0.3, 0.4) is 0 Å². The minimum Gasteiger partial charge on any atom is -0.456 e. The molecule has 0 aromatic carbocycles. The first-order chi connectivity index (χ1) is 7.83. The van der Waals surface area contributed by atoms with Crippen molar-refractivity contribution in [1.82, 2.24) is 5.32 Å². The van der Waals surface area contributed by atoms with Crippen LogP contribution in [0, 0.1) is 11.3 Å². The van der Waals surface area contributed by atoms with Crippen LogP contribution in [-0.2, 0) is 9.53 Å². The topological polar surface area (TPSA) is 88.1 Å². The van der Waals surface area contributed by atoms with E-state index in [1.807, 2.05) is 6.07 Å². The fraction of sp³-hybridized carbons (Fsp3) is 0.333. The average molecular weight is 233 g/mol. The molecule has 90 valence electrons. The molecule has 0 aromatic heterocycles. The zero-order valence-electron chi connectivity index (χ0n) is 10.1. The van der Waals surface area contributed by atoms with Crippen molar-refractivity contribution in [2.24, 2.45) is 5.73 Å². The van der Waals surface area contributed by atoms with Crippen molar-refractivity contribution in [3.63, 3.8) is 0 Å². The summed E-state index contributed by atoms with van der Waals surface area (Å²) in [6, 6.07) is 1.83. The Balaban J connectivity index is 2.94. The van der Waals surface area contributed by atoms with Crippen LogP contribution in [0.15, 0.2) is 35.3 Å². The third-order valence-electron chi connectivity index (χ3n) is 1.82. The number of dihydropyridines is 1. The van der Waals surface area contributed by atoms with E-state index < -0.39 is 11.6 Å². The van der Waals surface area contributed by atoms with Crippen LogP contribution >= 0.6 is 0 Å². The largest absolute Gasteiger partial charge is 0.456 e. The van der Waals surface area contributed by atoms with E-state index in [0.29, 0.717) is 11.4 Å². The Morgan fingerprint density at radius 3 is 2.53 bits per heavy atom. The third-order valence-corrected chi connectivity index (χ3v) is 1.82. The van der Waals surface area contributed by atoms with Gasteiger partial charge in [-0.25, -0.2) is 4.79 Å². The number of nitrogens with one attached hydrogen (secondary N) is 1. The Bertz CT molecular complexity index is 459. The van der Waals surface area contributed by atoms with Crippen LogP contribution in [0.5, 0.6) is 0 Å². The van der Waals surface area contributed by atoms with Crippen molar-refractivity contribution in [1.29, 1.82) is 5.26 Å². The molecule has 0 spiro atoms. The number of carbonyl (C=O) groups is 1. The number of nitrogens with two attached hydrogens (primary N) is 1. The average Bonchev–Trinajstić information content (AvgIpc) is 2.19. The molecule has 5 heteroatoms. The van der Waals surface area contributed by atoms with Gasteiger partial charge in [-0.05, 0) is 32.9 Å². The maximum Gasteiger partial charge on any atom is 0.351 e. The zero-order valence-corrected chi connectivity index (χ0v) is 10.1. The number of allylic oxidation sites excluding steroid dienone is 2. The first kappa shape index (κ1) is 12.8. The van der Waals surface area contributed by atoms with Crippen LogP contribution in [0.4, 0.5) is 0 Å². The molecule has 0 bridgehead atoms. The quantitative estimate of drug-likeness (QED) is 0.401. The second-order valence-corrected chi connectivity index (χ2v) is 4.52. The number of hydrogen-bond acceptors (Lipinski definition) is 5. The van der Waals surface area contributed by atoms with E-state index in [-0.39, 0.29) is 5.57 Å². The molecule has 0 atom stereocenters. The highest BCUT2D eigenvalue weighted by Gasteiger charge is 2.22. The number of rotatable bonds is 1. The summed E-state index contributed by atoms with van der Waals surface area (Å²) in [6.45, 7) is 5.23. The number of carbonyl (C=O) groups excluding carboxylic acids is 1. The number of nitriles is 1. The Hall–Kier alpha value is -2.22. The Morgan fingerprint density at radius 2 is 2.12 bits per heavy atom. The van der Waals surface area contributed by atoms with Crippen molar-refractivity contribution in [3.8, 4) is 6.07 Å². The molecule has 0 aromatic rings. The fourth-order valence-electron chi connectivity index (χ4n) is 1.14. The molecular formula is C12H15N3O2. The van der Waals surface area contributed by atoms with E-state index in [4.69, 9.17) is 15.7 Å². The number of nitrogens with zero attached hydrogens (tertiary/aromatic N) is 1. The van der Waals surface area contributed by atoms with Gasteiger partial charge in [-0.15, -0.1) is 0 Å². The minimum atomic E-state index is -0.652. The summed E-state index contributed by atoms with van der Waals surface area (Å²) in [5.74, 6) is -0.652. The predicted octanol–water partition coefficient (Wildman–Crippen LogP) is 1.07. The minimum absolute atomic E-state index is 0.0695. The standard InChI is InChI=1S/C12H15N3O2/c1-12(2,3)17-11(16)9(6-13)10-5-4-8(14)7-15-10/h4-5,7,15H,14H2,1-3H3/b10-9-. The molecular weight excluding hydrogens is 218 g/mol. The lowest BCUT2D eigenvalue weighted by Crippen LogP contribution is -2.26. The second-order valence-electron chi connectivity index (χ2n) is 4.52. The van der Waals surface area contributed by atoms with Gasteiger partial charge >= 0.3 is 5.97 Å². The molecule has 1 aliphatic rings. The Morgan fingerprint density at radius 1 is 1.47 bits per heavy atom. The molecule has 0 aliphatic carbocycles. The molecule has 1 aliphatic heterocycles. The van der Waals surface area contributed by atoms with Crippen LogP contribution < -0.4 is 11.1 Å². The molecule has 0 fully saturated rings. The Labute approximate surface area is 100 Å². The Kier molecular flexibility index (Phi) is 3.59. The molecule has 5 nitrogen and oxygen atoms in total. The maximum atomic E-state index is 11.7. The number of hydrogen-bond donors (Lipinski definition) is 2. The summed E-state index contributed by atoms with van der Waals surface area (Å²) in [4.78, 5) is 11.7. The molecule has 0 saturated carbocycles. The summed E-state index contributed by atoms with van der Waals surface area (Å²) in [5.41, 5.74) is 5.71. The maximum absolute atomic E-state index is 11.7. The van der Waals surface area contributed by atoms with Crippen LogP contribution in [-0.4, -0.2) is 11.6 Å². The van der Waals surface area contributed by atoms with Gasteiger partial charge in [0.1, 0.15) is 11.7 Å². The van der Waals surface area contributed by atoms with Crippen molar-refractivity contribution < 1.29 is 9.53 Å². The smallest absolute Gasteiger partial charge is 0.351 e. The highest BCUT2D eigenvalue weighted by atomic mass is 16.6. The van der Waals surface area contributed by atoms with Gasteiger partial charge in [-0.2, -0.15) is 5.26 Å². The lowest BCUT2D eigenvalue weighted by Gasteiger charge is -2.20. The first-order valence-corrected chi connectivity index (χ1v) is 5.11. The lowest BCUT2D eigenvalue weighted by atomic mass is 10.1. The first-order valence-electron chi connectivity index (χ1n) is 5.11. The normalized spacial score (nSPS) is 17.6. The van der Waals surface area contributed by atoms with Crippen molar-refractivity contribution >= 4 is 5.97 Å². The van der Waals surface area contributed by atoms with Crippen LogP contribution in [0.25, 0.3) is 0 Å². The van der Waals surface area contributed by atoms with Gasteiger partial charge in [0.25, 0.3) is 0 Å². The number of ether oxygens (including phenoxy) is 1. The molecule has 1 heterocycles. The SMILES string of the molecule is CC(C)(C)OC(=O)/C(C#N)=C1/C=CC(N)=CN1. The highest BCUT2D eigenvalue weighted by Crippen LogP contribution is 2.14. The van der Waals surface area contributed by atoms with E-state index in [2.05, 4.69) is 5.32 Å². The van der Waals surface area contributed by atoms with Gasteiger partial charge < -0.3 is 15.8 Å². The van der Waals surface area contributed by atoms with E-state index in [0.717, 1.165) is 0 Å².